The molecule has 0 atom stereocenters. The Kier molecular flexibility index (Phi) is 11.4. The molecular formula is C12H20O8. The zero-order chi connectivity index (χ0) is 15.2. The van der Waals surface area contributed by atoms with Crippen LogP contribution < -0.4 is 0 Å². The van der Waals surface area contributed by atoms with Gasteiger partial charge in [-0.2, -0.15) is 0 Å². The second-order valence-electron chi connectivity index (χ2n) is 3.60. The van der Waals surface area contributed by atoms with Gasteiger partial charge in [-0.15, -0.1) is 0 Å². The summed E-state index contributed by atoms with van der Waals surface area (Å²) in [4.78, 5) is 22.1. The molecule has 0 saturated carbocycles. The number of esters is 1. The Morgan fingerprint density at radius 1 is 0.900 bits per heavy atom. The molecule has 8 nitrogen and oxygen atoms in total. The molecule has 0 aliphatic carbocycles. The van der Waals surface area contributed by atoms with Crippen LogP contribution >= 0.6 is 0 Å². The number of unbranched alkanes of at least 4 members (excludes halogenated alkanes) is 1. The van der Waals surface area contributed by atoms with Crippen LogP contribution in [0.4, 0.5) is 0 Å². The number of carbonyl (C=O) groups is 2. The zero-order valence-electron chi connectivity index (χ0n) is 11.1. The fourth-order valence-electron chi connectivity index (χ4n) is 1.10. The Morgan fingerprint density at radius 3 is 2.25 bits per heavy atom. The third-order valence-electron chi connectivity index (χ3n) is 1.96. The standard InChI is InChI=1S/C12H20O8/c13-3-1-2-5-20-12(17)10(9-11(15)16)19-8-7-18-6-4-14/h9,13-14H,1-8H2,(H,15,16)/b10-9+. The van der Waals surface area contributed by atoms with Gasteiger partial charge in [0.2, 0.25) is 5.76 Å². The molecule has 0 aromatic heterocycles. The predicted molar refractivity (Wildman–Crippen MR) is 66.9 cm³/mol. The maximum Gasteiger partial charge on any atom is 0.373 e. The minimum Gasteiger partial charge on any atom is -0.484 e. The number of hydrogen-bond acceptors (Lipinski definition) is 7. The molecule has 0 spiro atoms. The van der Waals surface area contributed by atoms with Gasteiger partial charge in [0.05, 0.1) is 32.5 Å². The molecule has 0 aromatic carbocycles. The Hall–Kier alpha value is -1.64. The average molecular weight is 292 g/mol. The van der Waals surface area contributed by atoms with Crippen molar-refractivity contribution >= 4 is 11.9 Å². The molecule has 0 radical (unpaired) electrons. The lowest BCUT2D eigenvalue weighted by atomic mass is 10.3. The minimum atomic E-state index is -1.33. The van der Waals surface area contributed by atoms with Gasteiger partial charge in [0.15, 0.2) is 0 Å². The third kappa shape index (κ3) is 10.3. The summed E-state index contributed by atoms with van der Waals surface area (Å²) < 4.78 is 14.7. The lowest BCUT2D eigenvalue weighted by Crippen LogP contribution is -2.16. The maximum atomic E-state index is 11.5. The normalized spacial score (nSPS) is 11.2. The van der Waals surface area contributed by atoms with Crippen LogP contribution in [0.25, 0.3) is 0 Å². The number of aliphatic hydroxyl groups is 2. The topological polar surface area (TPSA) is 123 Å². The molecule has 0 unspecified atom stereocenters. The third-order valence-corrected chi connectivity index (χ3v) is 1.96. The van der Waals surface area contributed by atoms with Gasteiger partial charge in [-0.05, 0) is 12.8 Å². The summed E-state index contributed by atoms with van der Waals surface area (Å²) in [5, 5.41) is 25.7. The fourth-order valence-corrected chi connectivity index (χ4v) is 1.10. The predicted octanol–water partition coefficient (Wildman–Crippen LogP) is -0.704. The zero-order valence-corrected chi connectivity index (χ0v) is 11.1. The second kappa shape index (κ2) is 12.4. The first-order valence-electron chi connectivity index (χ1n) is 6.15. The summed E-state index contributed by atoms with van der Waals surface area (Å²) in [6, 6.07) is 0. The van der Waals surface area contributed by atoms with E-state index in [2.05, 4.69) is 0 Å². The van der Waals surface area contributed by atoms with E-state index >= 15 is 0 Å². The molecule has 0 rings (SSSR count). The van der Waals surface area contributed by atoms with E-state index in [1.165, 1.54) is 0 Å². The van der Waals surface area contributed by atoms with Crippen LogP contribution in [0.3, 0.4) is 0 Å². The Morgan fingerprint density at radius 2 is 1.65 bits per heavy atom. The van der Waals surface area contributed by atoms with E-state index in [0.717, 1.165) is 0 Å². The van der Waals surface area contributed by atoms with Gasteiger partial charge < -0.3 is 29.5 Å². The highest BCUT2D eigenvalue weighted by atomic mass is 16.6. The maximum absolute atomic E-state index is 11.5. The van der Waals surface area contributed by atoms with Crippen molar-refractivity contribution in [2.24, 2.45) is 0 Å². The van der Waals surface area contributed by atoms with Crippen LogP contribution in [-0.2, 0) is 23.8 Å². The Labute approximate surface area is 116 Å². The van der Waals surface area contributed by atoms with Crippen molar-refractivity contribution in [3.05, 3.63) is 11.8 Å². The van der Waals surface area contributed by atoms with E-state index in [9.17, 15) is 9.59 Å². The summed E-state index contributed by atoms with van der Waals surface area (Å²) in [5.74, 6) is -2.63. The summed E-state index contributed by atoms with van der Waals surface area (Å²) in [7, 11) is 0. The molecule has 0 aliphatic heterocycles. The minimum absolute atomic E-state index is 0.00588. The smallest absolute Gasteiger partial charge is 0.373 e. The highest BCUT2D eigenvalue weighted by molar-refractivity contribution is 5.93. The number of hydrogen-bond donors (Lipinski definition) is 3. The largest absolute Gasteiger partial charge is 0.484 e. The number of aliphatic carboxylic acids is 1. The summed E-state index contributed by atoms with van der Waals surface area (Å²) in [5.41, 5.74) is 0. The number of carbonyl (C=O) groups excluding carboxylic acids is 1. The van der Waals surface area contributed by atoms with E-state index in [1.54, 1.807) is 0 Å². The number of rotatable bonds is 12. The van der Waals surface area contributed by atoms with Gasteiger partial charge in [-0.25, -0.2) is 9.59 Å². The molecule has 20 heavy (non-hydrogen) atoms. The number of carboxylic acids is 1. The van der Waals surface area contributed by atoms with Crippen molar-refractivity contribution in [1.29, 1.82) is 0 Å². The second-order valence-corrected chi connectivity index (χ2v) is 3.60. The van der Waals surface area contributed by atoms with Gasteiger partial charge in [-0.3, -0.25) is 0 Å². The van der Waals surface area contributed by atoms with Crippen LogP contribution in [0.15, 0.2) is 11.8 Å². The van der Waals surface area contributed by atoms with Crippen molar-refractivity contribution in [2.45, 2.75) is 12.8 Å². The molecule has 0 saturated heterocycles. The van der Waals surface area contributed by atoms with Gasteiger partial charge in [0.25, 0.3) is 0 Å². The molecule has 0 aromatic rings. The quantitative estimate of drug-likeness (QED) is 0.187. The highest BCUT2D eigenvalue weighted by Gasteiger charge is 2.14. The molecule has 0 heterocycles. The number of carboxylic acid groups (broad SMARTS) is 1. The van der Waals surface area contributed by atoms with Crippen molar-refractivity contribution in [2.75, 3.05) is 39.6 Å². The van der Waals surface area contributed by atoms with Crippen LogP contribution in [0.1, 0.15) is 12.8 Å². The van der Waals surface area contributed by atoms with Crippen LogP contribution in [0.5, 0.6) is 0 Å². The van der Waals surface area contributed by atoms with Crippen molar-refractivity contribution in [3.8, 4) is 0 Å². The summed E-state index contributed by atoms with van der Waals surface area (Å²) in [6.07, 6.45) is 1.57. The fraction of sp³-hybridized carbons (Fsp3) is 0.667. The van der Waals surface area contributed by atoms with Crippen molar-refractivity contribution in [1.82, 2.24) is 0 Å². The summed E-state index contributed by atoms with van der Waals surface area (Å²) in [6.45, 7) is 0.132. The summed E-state index contributed by atoms with van der Waals surface area (Å²) >= 11 is 0. The lowest BCUT2D eigenvalue weighted by Gasteiger charge is -2.10. The van der Waals surface area contributed by atoms with Crippen LogP contribution in [0.2, 0.25) is 0 Å². The van der Waals surface area contributed by atoms with Crippen LogP contribution in [-0.4, -0.2) is 66.9 Å². The van der Waals surface area contributed by atoms with E-state index in [0.29, 0.717) is 18.9 Å². The van der Waals surface area contributed by atoms with E-state index in [-0.39, 0.29) is 39.6 Å². The monoisotopic (exact) mass is 292 g/mol. The molecule has 0 amide bonds. The first kappa shape index (κ1) is 18.4. The lowest BCUT2D eigenvalue weighted by molar-refractivity contribution is -0.144. The molecule has 0 fully saturated rings. The molecule has 3 N–H and O–H groups in total. The molecule has 8 heteroatoms. The van der Waals surface area contributed by atoms with E-state index in [1.807, 2.05) is 0 Å². The van der Waals surface area contributed by atoms with E-state index < -0.39 is 17.7 Å². The Balaban J connectivity index is 4.13. The molecule has 0 aliphatic rings. The van der Waals surface area contributed by atoms with Gasteiger partial charge in [0, 0.05) is 6.61 Å². The Bertz CT molecular complexity index is 313. The van der Waals surface area contributed by atoms with E-state index in [4.69, 9.17) is 29.5 Å². The highest BCUT2D eigenvalue weighted by Crippen LogP contribution is 2.02. The first-order chi connectivity index (χ1) is 9.61. The van der Waals surface area contributed by atoms with Gasteiger partial charge >= 0.3 is 11.9 Å². The first-order valence-corrected chi connectivity index (χ1v) is 6.15. The molecule has 0 bridgehead atoms. The molecule has 116 valence electrons. The van der Waals surface area contributed by atoms with Crippen molar-refractivity contribution < 1.29 is 39.1 Å². The number of ether oxygens (including phenoxy) is 3. The number of aliphatic hydroxyl groups excluding tert-OH is 2. The molecular weight excluding hydrogens is 272 g/mol. The van der Waals surface area contributed by atoms with Crippen LogP contribution in [0, 0.1) is 0 Å². The van der Waals surface area contributed by atoms with Crippen molar-refractivity contribution in [3.63, 3.8) is 0 Å². The SMILES string of the molecule is O=C(O)/C=C(/OCCOCCO)C(=O)OCCCCO. The van der Waals surface area contributed by atoms with Gasteiger partial charge in [-0.1, -0.05) is 0 Å². The average Bonchev–Trinajstić information content (AvgIpc) is 2.41. The van der Waals surface area contributed by atoms with Gasteiger partial charge in [0.1, 0.15) is 6.61 Å².